The first kappa shape index (κ1) is 12.2. The van der Waals surface area contributed by atoms with Crippen molar-refractivity contribution in [1.29, 1.82) is 0 Å². The topological polar surface area (TPSA) is 26.3 Å². The van der Waals surface area contributed by atoms with Gasteiger partial charge in [-0.3, -0.25) is 4.79 Å². The average molecular weight is 234 g/mol. The molecule has 0 amide bonds. The lowest BCUT2D eigenvalue weighted by Gasteiger charge is -2.16. The fourth-order valence-corrected chi connectivity index (χ4v) is 3.45. The highest BCUT2D eigenvalue weighted by Crippen LogP contribution is 2.25. The van der Waals surface area contributed by atoms with E-state index in [1.54, 1.807) is 11.8 Å². The molecular weight excluding hydrogens is 216 g/mol. The number of thioether (sulfide) groups is 2. The number of hydrogen-bond donors (Lipinski definition) is 0. The summed E-state index contributed by atoms with van der Waals surface area (Å²) in [6.45, 7) is 3.94. The molecule has 2 nitrogen and oxygen atoms in total. The zero-order valence-corrected chi connectivity index (χ0v) is 10.5. The predicted molar refractivity (Wildman–Crippen MR) is 63.7 cm³/mol. The van der Waals surface area contributed by atoms with Gasteiger partial charge in [0.15, 0.2) is 5.44 Å². The quantitative estimate of drug-likeness (QED) is 0.701. The molecule has 0 aromatic carbocycles. The van der Waals surface area contributed by atoms with Crippen molar-refractivity contribution in [2.24, 2.45) is 5.92 Å². The van der Waals surface area contributed by atoms with E-state index in [0.29, 0.717) is 0 Å². The van der Waals surface area contributed by atoms with Gasteiger partial charge in [0.05, 0.1) is 5.92 Å². The van der Waals surface area contributed by atoms with Crippen molar-refractivity contribution in [3.8, 4) is 0 Å². The van der Waals surface area contributed by atoms with Gasteiger partial charge in [0.1, 0.15) is 0 Å². The Morgan fingerprint density at radius 1 is 1.57 bits per heavy atom. The van der Waals surface area contributed by atoms with E-state index in [1.165, 1.54) is 12.2 Å². The van der Waals surface area contributed by atoms with Gasteiger partial charge in [-0.1, -0.05) is 13.8 Å². The molecular formula is C10H18O2S2. The molecule has 0 N–H and O–H groups in total. The molecule has 0 bridgehead atoms. The highest BCUT2D eigenvalue weighted by atomic mass is 32.2. The van der Waals surface area contributed by atoms with Crippen LogP contribution >= 0.6 is 23.5 Å². The molecule has 14 heavy (non-hydrogen) atoms. The van der Waals surface area contributed by atoms with Crippen molar-refractivity contribution in [2.75, 3.05) is 17.3 Å². The van der Waals surface area contributed by atoms with Crippen LogP contribution in [-0.2, 0) is 9.53 Å². The van der Waals surface area contributed by atoms with Crippen molar-refractivity contribution in [2.45, 2.75) is 32.1 Å². The smallest absolute Gasteiger partial charge is 0.309 e. The molecule has 0 radical (unpaired) electrons. The van der Waals surface area contributed by atoms with E-state index < -0.39 is 0 Å². The minimum absolute atomic E-state index is 0.0347. The third-order valence-corrected chi connectivity index (χ3v) is 4.74. The van der Waals surface area contributed by atoms with Crippen LogP contribution in [0.3, 0.4) is 0 Å². The standard InChI is InChI=1S/C10H18O2S2/c1-3-8(2)10(11)12-9-7-13-5-4-6-14-9/h8-9H,3-7H2,1-2H3. The van der Waals surface area contributed by atoms with Crippen LogP contribution in [0.4, 0.5) is 0 Å². The third-order valence-electron chi connectivity index (χ3n) is 2.25. The maximum atomic E-state index is 11.5. The van der Waals surface area contributed by atoms with Crippen LogP contribution in [-0.4, -0.2) is 28.7 Å². The lowest BCUT2D eigenvalue weighted by molar-refractivity contribution is -0.148. The molecule has 2 atom stereocenters. The Morgan fingerprint density at radius 2 is 2.36 bits per heavy atom. The molecule has 1 aliphatic rings. The number of esters is 1. The monoisotopic (exact) mass is 234 g/mol. The van der Waals surface area contributed by atoms with Crippen molar-refractivity contribution in [3.05, 3.63) is 0 Å². The molecule has 1 fully saturated rings. The first-order chi connectivity index (χ1) is 6.74. The Bertz CT molecular complexity index is 177. The summed E-state index contributed by atoms with van der Waals surface area (Å²) in [5.74, 6) is 3.28. The van der Waals surface area contributed by atoms with Crippen molar-refractivity contribution in [1.82, 2.24) is 0 Å². The number of rotatable bonds is 3. The fourth-order valence-electron chi connectivity index (χ4n) is 1.08. The maximum Gasteiger partial charge on any atom is 0.309 e. The summed E-state index contributed by atoms with van der Waals surface area (Å²) in [4.78, 5) is 11.5. The van der Waals surface area contributed by atoms with E-state index in [1.807, 2.05) is 25.6 Å². The van der Waals surface area contributed by atoms with Gasteiger partial charge in [-0.25, -0.2) is 0 Å². The van der Waals surface area contributed by atoms with Crippen molar-refractivity contribution in [3.63, 3.8) is 0 Å². The summed E-state index contributed by atoms with van der Waals surface area (Å²) in [7, 11) is 0. The van der Waals surface area contributed by atoms with Gasteiger partial charge in [-0.15, -0.1) is 11.8 Å². The van der Waals surface area contributed by atoms with Gasteiger partial charge in [-0.2, -0.15) is 11.8 Å². The molecule has 4 heteroatoms. The van der Waals surface area contributed by atoms with Gasteiger partial charge in [0.2, 0.25) is 0 Å². The Kier molecular flexibility index (Phi) is 5.78. The molecule has 1 saturated heterocycles. The molecule has 0 aliphatic carbocycles. The van der Waals surface area contributed by atoms with Crippen LogP contribution in [0.2, 0.25) is 0 Å². The minimum Gasteiger partial charge on any atom is -0.450 e. The third kappa shape index (κ3) is 4.13. The Labute approximate surface area is 94.5 Å². The van der Waals surface area contributed by atoms with Crippen LogP contribution in [0, 0.1) is 5.92 Å². The summed E-state index contributed by atoms with van der Waals surface area (Å²) >= 11 is 3.66. The highest BCUT2D eigenvalue weighted by Gasteiger charge is 2.20. The summed E-state index contributed by atoms with van der Waals surface area (Å²) < 4.78 is 5.43. The number of carbonyl (C=O) groups is 1. The minimum atomic E-state index is -0.0347. The van der Waals surface area contributed by atoms with Crippen LogP contribution in [0.25, 0.3) is 0 Å². The van der Waals surface area contributed by atoms with E-state index >= 15 is 0 Å². The van der Waals surface area contributed by atoms with Crippen LogP contribution in [0.5, 0.6) is 0 Å². The molecule has 1 heterocycles. The maximum absolute atomic E-state index is 11.5. The second-order valence-electron chi connectivity index (χ2n) is 3.48. The summed E-state index contributed by atoms with van der Waals surface area (Å²) in [6.07, 6.45) is 2.09. The van der Waals surface area contributed by atoms with E-state index in [-0.39, 0.29) is 17.3 Å². The SMILES string of the molecule is CCC(C)C(=O)OC1CSCCCS1. The van der Waals surface area contributed by atoms with Crippen LogP contribution < -0.4 is 0 Å². The van der Waals surface area contributed by atoms with Gasteiger partial charge in [0, 0.05) is 5.75 Å². The molecule has 1 aliphatic heterocycles. The number of hydrogen-bond acceptors (Lipinski definition) is 4. The largest absolute Gasteiger partial charge is 0.450 e. The molecule has 82 valence electrons. The predicted octanol–water partition coefficient (Wildman–Crippen LogP) is 2.77. The summed E-state index contributed by atoms with van der Waals surface area (Å²) in [5, 5.41) is 0. The van der Waals surface area contributed by atoms with E-state index in [4.69, 9.17) is 4.74 Å². The van der Waals surface area contributed by atoms with E-state index in [2.05, 4.69) is 0 Å². The first-order valence-corrected chi connectivity index (χ1v) is 7.34. The first-order valence-electron chi connectivity index (χ1n) is 5.14. The van der Waals surface area contributed by atoms with Crippen LogP contribution in [0.1, 0.15) is 26.7 Å². The molecule has 0 spiro atoms. The van der Waals surface area contributed by atoms with E-state index in [0.717, 1.165) is 17.9 Å². The van der Waals surface area contributed by atoms with Gasteiger partial charge < -0.3 is 4.74 Å². The fraction of sp³-hybridized carbons (Fsp3) is 0.900. The van der Waals surface area contributed by atoms with Crippen molar-refractivity contribution < 1.29 is 9.53 Å². The van der Waals surface area contributed by atoms with E-state index in [9.17, 15) is 4.79 Å². The molecule has 2 unspecified atom stereocenters. The lowest BCUT2D eigenvalue weighted by atomic mass is 10.1. The van der Waals surface area contributed by atoms with Crippen LogP contribution in [0.15, 0.2) is 0 Å². The zero-order valence-electron chi connectivity index (χ0n) is 8.82. The van der Waals surface area contributed by atoms with Gasteiger partial charge in [-0.05, 0) is 24.3 Å². The molecule has 0 saturated carbocycles. The zero-order chi connectivity index (χ0) is 10.4. The Balaban J connectivity index is 2.30. The average Bonchev–Trinajstić information content (AvgIpc) is 2.45. The van der Waals surface area contributed by atoms with Crippen molar-refractivity contribution >= 4 is 29.5 Å². The Morgan fingerprint density at radius 3 is 3.07 bits per heavy atom. The second-order valence-corrected chi connectivity index (χ2v) is 5.89. The van der Waals surface area contributed by atoms with Gasteiger partial charge >= 0.3 is 5.97 Å². The summed E-state index contributed by atoms with van der Waals surface area (Å²) in [5.41, 5.74) is 0.0870. The second kappa shape index (κ2) is 6.62. The number of ether oxygens (including phenoxy) is 1. The summed E-state index contributed by atoms with van der Waals surface area (Å²) in [6, 6.07) is 0. The lowest BCUT2D eigenvalue weighted by Crippen LogP contribution is -2.21. The highest BCUT2D eigenvalue weighted by molar-refractivity contribution is 8.03. The molecule has 1 rings (SSSR count). The van der Waals surface area contributed by atoms with Gasteiger partial charge in [0.25, 0.3) is 0 Å². The molecule has 0 aromatic heterocycles. The Hall–Kier alpha value is 0.170. The molecule has 0 aromatic rings. The number of carbonyl (C=O) groups excluding carboxylic acids is 1. The normalized spacial score (nSPS) is 25.1.